The third-order valence-corrected chi connectivity index (χ3v) is 5.86. The van der Waals surface area contributed by atoms with Crippen molar-refractivity contribution in [1.29, 1.82) is 0 Å². The Morgan fingerprint density at radius 2 is 1.65 bits per heavy atom. The lowest BCUT2D eigenvalue weighted by Gasteiger charge is -2.39. The van der Waals surface area contributed by atoms with Crippen LogP contribution in [-0.4, -0.2) is 121 Å². The monoisotopic (exact) mass is 516 g/mol. The van der Waals surface area contributed by atoms with Crippen LogP contribution in [0.1, 0.15) is 10.4 Å². The van der Waals surface area contributed by atoms with Crippen LogP contribution in [-0.2, 0) is 4.74 Å². The zero-order valence-electron chi connectivity index (χ0n) is 21.5. The Hall–Kier alpha value is -3.22. The van der Waals surface area contributed by atoms with E-state index in [9.17, 15) is 25.2 Å². The lowest BCUT2D eigenvalue weighted by atomic mass is 9.99. The number of aliphatic hydroxyl groups excluding tert-OH is 4. The SMILES string of the molecule is CN(C)C(=NCCNC(=O)c1cccc(-c2ccc(OC3OC(CO)C(O)C(O)C3O)cc2)c1)N(C)C. The van der Waals surface area contributed by atoms with Crippen molar-refractivity contribution in [3.8, 4) is 16.9 Å². The number of aliphatic imine (C=N–C) groups is 1. The summed E-state index contributed by atoms with van der Waals surface area (Å²) in [6, 6.07) is 14.1. The molecule has 5 unspecified atom stereocenters. The number of hydrogen-bond donors (Lipinski definition) is 5. The molecule has 0 radical (unpaired) electrons. The van der Waals surface area contributed by atoms with E-state index in [1.165, 1.54) is 0 Å². The van der Waals surface area contributed by atoms with Crippen molar-refractivity contribution in [3.63, 3.8) is 0 Å². The molecule has 1 amide bonds. The molecule has 5 N–H and O–H groups in total. The second-order valence-corrected chi connectivity index (χ2v) is 9.15. The highest BCUT2D eigenvalue weighted by Crippen LogP contribution is 2.27. The van der Waals surface area contributed by atoms with Crippen molar-refractivity contribution in [2.45, 2.75) is 30.7 Å². The highest BCUT2D eigenvalue weighted by Gasteiger charge is 2.44. The highest BCUT2D eigenvalue weighted by molar-refractivity contribution is 5.95. The van der Waals surface area contributed by atoms with E-state index in [4.69, 9.17) is 9.47 Å². The predicted octanol–water partition coefficient (Wildman–Crippen LogP) is -0.259. The first-order valence-electron chi connectivity index (χ1n) is 12.0. The molecule has 1 fully saturated rings. The molecule has 202 valence electrons. The fourth-order valence-corrected chi connectivity index (χ4v) is 3.98. The summed E-state index contributed by atoms with van der Waals surface area (Å²) in [5.41, 5.74) is 2.18. The van der Waals surface area contributed by atoms with Gasteiger partial charge in [-0.05, 0) is 35.4 Å². The van der Waals surface area contributed by atoms with E-state index in [-0.39, 0.29) is 5.91 Å². The van der Waals surface area contributed by atoms with Crippen LogP contribution >= 0.6 is 0 Å². The van der Waals surface area contributed by atoms with Crippen molar-refractivity contribution >= 4 is 11.9 Å². The first-order chi connectivity index (χ1) is 17.6. The number of nitrogens with one attached hydrogen (secondary N) is 1. The van der Waals surface area contributed by atoms with Gasteiger partial charge in [-0.3, -0.25) is 9.79 Å². The van der Waals surface area contributed by atoms with Crippen molar-refractivity contribution in [1.82, 2.24) is 15.1 Å². The Morgan fingerprint density at radius 3 is 2.27 bits per heavy atom. The summed E-state index contributed by atoms with van der Waals surface area (Å²) in [5, 5.41) is 42.2. The molecule has 2 aromatic rings. The van der Waals surface area contributed by atoms with Crippen LogP contribution in [0.2, 0.25) is 0 Å². The van der Waals surface area contributed by atoms with E-state index in [1.807, 2.05) is 44.1 Å². The highest BCUT2D eigenvalue weighted by atomic mass is 16.7. The zero-order valence-corrected chi connectivity index (χ0v) is 21.5. The summed E-state index contributed by atoms with van der Waals surface area (Å²) in [6.45, 7) is 0.319. The normalized spacial score (nSPS) is 23.2. The molecule has 11 nitrogen and oxygen atoms in total. The van der Waals surface area contributed by atoms with Gasteiger partial charge in [-0.25, -0.2) is 0 Å². The maximum Gasteiger partial charge on any atom is 0.251 e. The van der Waals surface area contributed by atoms with Crippen LogP contribution in [0, 0.1) is 0 Å². The second kappa shape index (κ2) is 12.8. The Kier molecular flexibility index (Phi) is 9.84. The minimum Gasteiger partial charge on any atom is -0.462 e. The average Bonchev–Trinajstić information content (AvgIpc) is 2.88. The summed E-state index contributed by atoms with van der Waals surface area (Å²) in [6.07, 6.45) is -6.77. The number of nitrogens with zero attached hydrogens (tertiary/aromatic N) is 3. The number of ether oxygens (including phenoxy) is 2. The molecular weight excluding hydrogens is 480 g/mol. The van der Waals surface area contributed by atoms with Gasteiger partial charge >= 0.3 is 0 Å². The topological polar surface area (TPSA) is 147 Å². The molecule has 1 aliphatic rings. The molecule has 3 rings (SSSR count). The predicted molar refractivity (Wildman–Crippen MR) is 138 cm³/mol. The lowest BCUT2D eigenvalue weighted by Crippen LogP contribution is -2.60. The van der Waals surface area contributed by atoms with Gasteiger partial charge in [-0.15, -0.1) is 0 Å². The van der Waals surface area contributed by atoms with Crippen LogP contribution in [0.25, 0.3) is 11.1 Å². The Morgan fingerprint density at radius 1 is 0.973 bits per heavy atom. The van der Waals surface area contributed by atoms with Gasteiger partial charge in [0.2, 0.25) is 6.29 Å². The van der Waals surface area contributed by atoms with Crippen molar-refractivity contribution < 1.29 is 34.7 Å². The number of carbonyl (C=O) groups excluding carboxylic acids is 1. The standard InChI is InChI=1S/C26H36N4O7/c1-29(2)26(30(3)4)28-13-12-27-24(35)18-7-5-6-17(14-18)16-8-10-19(11-9-16)36-25-23(34)22(33)21(32)20(15-31)37-25/h5-11,14,20-23,25,31-34H,12-13,15H2,1-4H3,(H,27,35). The van der Waals surface area contributed by atoms with Gasteiger partial charge in [0.05, 0.1) is 13.2 Å². The summed E-state index contributed by atoms with van der Waals surface area (Å²) in [5.74, 6) is 0.975. The summed E-state index contributed by atoms with van der Waals surface area (Å²) >= 11 is 0. The summed E-state index contributed by atoms with van der Waals surface area (Å²) in [4.78, 5) is 21.0. The Bertz CT molecular complexity index is 1050. The maximum atomic E-state index is 12.7. The number of benzene rings is 2. The number of hydrogen-bond acceptors (Lipinski definition) is 8. The van der Waals surface area contributed by atoms with Gasteiger partial charge in [0.1, 0.15) is 30.2 Å². The molecule has 0 bridgehead atoms. The molecule has 2 aromatic carbocycles. The molecule has 5 atom stereocenters. The Balaban J connectivity index is 1.61. The van der Waals surface area contributed by atoms with Gasteiger partial charge in [0.25, 0.3) is 5.91 Å². The molecule has 0 aromatic heterocycles. The molecule has 37 heavy (non-hydrogen) atoms. The molecule has 0 saturated carbocycles. The number of aliphatic hydroxyl groups is 4. The van der Waals surface area contributed by atoms with E-state index >= 15 is 0 Å². The summed E-state index contributed by atoms with van der Waals surface area (Å²) in [7, 11) is 7.65. The molecular formula is C26H36N4O7. The van der Waals surface area contributed by atoms with E-state index in [0.29, 0.717) is 24.4 Å². The minimum absolute atomic E-state index is 0.198. The minimum atomic E-state index is -1.51. The van der Waals surface area contributed by atoms with Crippen LogP contribution in [0.3, 0.4) is 0 Å². The van der Waals surface area contributed by atoms with Gasteiger partial charge in [-0.2, -0.15) is 0 Å². The first kappa shape index (κ1) is 28.4. The third-order valence-electron chi connectivity index (χ3n) is 5.86. The molecule has 11 heteroatoms. The maximum absolute atomic E-state index is 12.7. The average molecular weight is 517 g/mol. The third kappa shape index (κ3) is 7.18. The van der Waals surface area contributed by atoms with Gasteiger partial charge in [0, 0.05) is 40.3 Å². The summed E-state index contributed by atoms with van der Waals surface area (Å²) < 4.78 is 11.0. The first-order valence-corrected chi connectivity index (χ1v) is 12.0. The quantitative estimate of drug-likeness (QED) is 0.182. The van der Waals surface area contributed by atoms with E-state index in [1.54, 1.807) is 42.5 Å². The van der Waals surface area contributed by atoms with Gasteiger partial charge in [-0.1, -0.05) is 24.3 Å². The van der Waals surface area contributed by atoms with Crippen LogP contribution in [0.15, 0.2) is 53.5 Å². The van der Waals surface area contributed by atoms with E-state index < -0.39 is 37.3 Å². The number of rotatable bonds is 8. The lowest BCUT2D eigenvalue weighted by molar-refractivity contribution is -0.277. The Labute approximate surface area is 216 Å². The van der Waals surface area contributed by atoms with Gasteiger partial charge < -0.3 is 45.0 Å². The second-order valence-electron chi connectivity index (χ2n) is 9.15. The van der Waals surface area contributed by atoms with Crippen LogP contribution < -0.4 is 10.1 Å². The molecule has 1 aliphatic heterocycles. The van der Waals surface area contributed by atoms with Gasteiger partial charge in [0.15, 0.2) is 5.96 Å². The largest absolute Gasteiger partial charge is 0.462 e. The molecule has 1 heterocycles. The van der Waals surface area contributed by atoms with E-state index in [2.05, 4.69) is 10.3 Å². The van der Waals surface area contributed by atoms with Crippen LogP contribution in [0.4, 0.5) is 0 Å². The number of guanidine groups is 1. The smallest absolute Gasteiger partial charge is 0.251 e. The molecule has 0 aliphatic carbocycles. The van der Waals surface area contributed by atoms with Crippen molar-refractivity contribution in [2.75, 3.05) is 47.9 Å². The number of amides is 1. The molecule has 0 spiro atoms. The number of carbonyl (C=O) groups is 1. The fraction of sp³-hybridized carbons (Fsp3) is 0.462. The van der Waals surface area contributed by atoms with E-state index in [0.717, 1.165) is 17.1 Å². The fourth-order valence-electron chi connectivity index (χ4n) is 3.98. The molecule has 1 saturated heterocycles. The van der Waals surface area contributed by atoms with Crippen molar-refractivity contribution in [3.05, 3.63) is 54.1 Å². The van der Waals surface area contributed by atoms with Crippen LogP contribution in [0.5, 0.6) is 5.75 Å². The zero-order chi connectivity index (χ0) is 27.1. The van der Waals surface area contributed by atoms with Crippen molar-refractivity contribution in [2.24, 2.45) is 4.99 Å².